The average molecular weight is 229 g/mol. The Morgan fingerprint density at radius 2 is 1.71 bits per heavy atom. The molecule has 0 heterocycles. The molecular weight excluding hydrogens is 218 g/mol. The van der Waals surface area contributed by atoms with Gasteiger partial charge < -0.3 is 5.11 Å². The monoisotopic (exact) mass is 229 g/mol. The van der Waals surface area contributed by atoms with Crippen LogP contribution in [0.1, 0.15) is 5.56 Å². The van der Waals surface area contributed by atoms with Crippen LogP contribution >= 0.6 is 0 Å². The van der Waals surface area contributed by atoms with E-state index in [0.717, 1.165) is 11.1 Å². The van der Waals surface area contributed by atoms with Gasteiger partial charge in [-0.3, -0.25) is 10.1 Å². The number of aliphatic hydroxyl groups excluding tert-OH is 1. The van der Waals surface area contributed by atoms with Crippen molar-refractivity contribution in [3.05, 3.63) is 64.2 Å². The number of nitro groups is 1. The minimum atomic E-state index is -0.394. The van der Waals surface area contributed by atoms with E-state index in [2.05, 4.69) is 0 Å². The molecule has 4 nitrogen and oxygen atoms in total. The number of nitrogens with zero attached hydrogens (tertiary/aromatic N) is 1. The number of hydrogen-bond donors (Lipinski definition) is 1. The molecule has 0 amide bonds. The fraction of sp³-hybridized carbons (Fsp3) is 0.0769. The topological polar surface area (TPSA) is 63.4 Å². The van der Waals surface area contributed by atoms with Gasteiger partial charge in [0.15, 0.2) is 0 Å². The third-order valence-electron chi connectivity index (χ3n) is 2.55. The zero-order chi connectivity index (χ0) is 12.3. The van der Waals surface area contributed by atoms with Gasteiger partial charge in [-0.15, -0.1) is 0 Å². The van der Waals surface area contributed by atoms with Gasteiger partial charge in [0, 0.05) is 6.07 Å². The molecule has 0 aliphatic carbocycles. The molecule has 2 aromatic carbocycles. The molecule has 0 atom stereocenters. The third-order valence-corrected chi connectivity index (χ3v) is 2.55. The fourth-order valence-corrected chi connectivity index (χ4v) is 1.67. The lowest BCUT2D eigenvalue weighted by atomic mass is 10.0. The zero-order valence-electron chi connectivity index (χ0n) is 9.04. The number of hydrogen-bond acceptors (Lipinski definition) is 3. The quantitative estimate of drug-likeness (QED) is 0.650. The summed E-state index contributed by atoms with van der Waals surface area (Å²) >= 11 is 0. The second-order valence-electron chi connectivity index (χ2n) is 3.63. The average Bonchev–Trinajstić information content (AvgIpc) is 2.39. The smallest absolute Gasteiger partial charge is 0.277 e. The van der Waals surface area contributed by atoms with E-state index in [1.807, 2.05) is 0 Å². The van der Waals surface area contributed by atoms with Gasteiger partial charge in [0.25, 0.3) is 5.69 Å². The lowest BCUT2D eigenvalue weighted by molar-refractivity contribution is -0.384. The van der Waals surface area contributed by atoms with E-state index in [0.29, 0.717) is 5.56 Å². The first-order chi connectivity index (χ1) is 8.22. The van der Waals surface area contributed by atoms with Gasteiger partial charge in [-0.2, -0.15) is 0 Å². The summed E-state index contributed by atoms with van der Waals surface area (Å²) in [7, 11) is 0. The molecule has 0 spiro atoms. The highest BCUT2D eigenvalue weighted by atomic mass is 16.6. The van der Waals surface area contributed by atoms with E-state index in [4.69, 9.17) is 5.11 Å². The Kier molecular flexibility index (Phi) is 3.16. The van der Waals surface area contributed by atoms with E-state index in [1.54, 1.807) is 42.5 Å². The lowest BCUT2D eigenvalue weighted by Gasteiger charge is -2.03. The number of aliphatic hydroxyl groups is 1. The SMILES string of the molecule is O=[N+]([O-])c1ccccc1-c1ccc(CO)cc1. The van der Waals surface area contributed by atoms with E-state index in [-0.39, 0.29) is 12.3 Å². The van der Waals surface area contributed by atoms with Gasteiger partial charge in [-0.25, -0.2) is 0 Å². The van der Waals surface area contributed by atoms with E-state index >= 15 is 0 Å². The van der Waals surface area contributed by atoms with Gasteiger partial charge in [0.1, 0.15) is 0 Å². The highest BCUT2D eigenvalue weighted by Gasteiger charge is 2.13. The molecule has 0 fully saturated rings. The van der Waals surface area contributed by atoms with Crippen molar-refractivity contribution in [1.29, 1.82) is 0 Å². The molecule has 0 aliphatic heterocycles. The molecule has 17 heavy (non-hydrogen) atoms. The van der Waals surface area contributed by atoms with Crippen LogP contribution in [0.3, 0.4) is 0 Å². The van der Waals surface area contributed by atoms with Gasteiger partial charge in [0.05, 0.1) is 17.1 Å². The summed E-state index contributed by atoms with van der Waals surface area (Å²) in [5.74, 6) is 0. The van der Waals surface area contributed by atoms with Crippen LogP contribution in [-0.4, -0.2) is 10.0 Å². The summed E-state index contributed by atoms with van der Waals surface area (Å²) in [6.45, 7) is -0.0306. The van der Waals surface area contributed by atoms with Crippen LogP contribution in [0.5, 0.6) is 0 Å². The maximum absolute atomic E-state index is 10.9. The maximum atomic E-state index is 10.9. The van der Waals surface area contributed by atoms with Crippen molar-refractivity contribution in [2.24, 2.45) is 0 Å². The van der Waals surface area contributed by atoms with Crippen molar-refractivity contribution in [3.8, 4) is 11.1 Å². The van der Waals surface area contributed by atoms with Gasteiger partial charge in [-0.1, -0.05) is 36.4 Å². The first-order valence-corrected chi connectivity index (χ1v) is 5.16. The molecule has 0 aromatic heterocycles. The minimum absolute atomic E-state index is 0.0306. The largest absolute Gasteiger partial charge is 0.392 e. The molecule has 0 radical (unpaired) electrons. The van der Waals surface area contributed by atoms with Crippen LogP contribution in [0.15, 0.2) is 48.5 Å². The van der Waals surface area contributed by atoms with Crippen molar-refractivity contribution >= 4 is 5.69 Å². The Hall–Kier alpha value is -2.20. The molecule has 2 rings (SSSR count). The van der Waals surface area contributed by atoms with Crippen molar-refractivity contribution in [2.75, 3.05) is 0 Å². The summed E-state index contributed by atoms with van der Waals surface area (Å²) in [5.41, 5.74) is 2.23. The Morgan fingerprint density at radius 1 is 1.06 bits per heavy atom. The first-order valence-electron chi connectivity index (χ1n) is 5.16. The molecule has 1 N–H and O–H groups in total. The molecule has 0 unspecified atom stereocenters. The number of nitro benzene ring substituents is 1. The van der Waals surface area contributed by atoms with E-state index in [9.17, 15) is 10.1 Å². The summed E-state index contributed by atoms with van der Waals surface area (Å²) in [4.78, 5) is 10.5. The molecule has 2 aromatic rings. The molecule has 0 aliphatic rings. The Bertz CT molecular complexity index is 535. The predicted octanol–water partition coefficient (Wildman–Crippen LogP) is 2.75. The molecular formula is C13H11NO3. The maximum Gasteiger partial charge on any atom is 0.277 e. The molecule has 0 saturated heterocycles. The highest BCUT2D eigenvalue weighted by Crippen LogP contribution is 2.29. The third kappa shape index (κ3) is 2.32. The standard InChI is InChI=1S/C13H11NO3/c15-9-10-5-7-11(8-6-10)12-3-1-2-4-13(12)14(16)17/h1-8,15H,9H2. The van der Waals surface area contributed by atoms with Gasteiger partial charge >= 0.3 is 0 Å². The highest BCUT2D eigenvalue weighted by molar-refractivity contribution is 5.73. The van der Waals surface area contributed by atoms with Crippen LogP contribution in [0.4, 0.5) is 5.69 Å². The Morgan fingerprint density at radius 3 is 2.29 bits per heavy atom. The normalized spacial score (nSPS) is 10.2. The number of para-hydroxylation sites is 1. The van der Waals surface area contributed by atoms with Crippen molar-refractivity contribution in [2.45, 2.75) is 6.61 Å². The van der Waals surface area contributed by atoms with Crippen LogP contribution in [0.2, 0.25) is 0 Å². The molecule has 4 heteroatoms. The summed E-state index contributed by atoms with van der Waals surface area (Å²) in [6, 6.07) is 13.7. The second-order valence-corrected chi connectivity index (χ2v) is 3.63. The van der Waals surface area contributed by atoms with Crippen LogP contribution in [-0.2, 0) is 6.61 Å². The van der Waals surface area contributed by atoms with Crippen LogP contribution < -0.4 is 0 Å². The van der Waals surface area contributed by atoms with Gasteiger partial charge in [0.2, 0.25) is 0 Å². The van der Waals surface area contributed by atoms with Crippen molar-refractivity contribution < 1.29 is 10.0 Å². The predicted molar refractivity (Wildman–Crippen MR) is 64.5 cm³/mol. The molecule has 0 saturated carbocycles. The van der Waals surface area contributed by atoms with Crippen molar-refractivity contribution in [3.63, 3.8) is 0 Å². The van der Waals surface area contributed by atoms with Gasteiger partial charge in [-0.05, 0) is 17.2 Å². The number of benzene rings is 2. The second kappa shape index (κ2) is 4.76. The summed E-state index contributed by atoms with van der Waals surface area (Å²) < 4.78 is 0. The number of rotatable bonds is 3. The van der Waals surface area contributed by atoms with Crippen LogP contribution in [0, 0.1) is 10.1 Å². The molecule has 86 valence electrons. The lowest BCUT2D eigenvalue weighted by Crippen LogP contribution is -1.91. The van der Waals surface area contributed by atoms with E-state index in [1.165, 1.54) is 6.07 Å². The van der Waals surface area contributed by atoms with Crippen LogP contribution in [0.25, 0.3) is 11.1 Å². The van der Waals surface area contributed by atoms with E-state index < -0.39 is 4.92 Å². The summed E-state index contributed by atoms with van der Waals surface area (Å²) in [6.07, 6.45) is 0. The Labute approximate surface area is 98.3 Å². The Balaban J connectivity index is 2.48. The first kappa shape index (κ1) is 11.3. The fourth-order valence-electron chi connectivity index (χ4n) is 1.67. The zero-order valence-corrected chi connectivity index (χ0v) is 9.04. The summed E-state index contributed by atoms with van der Waals surface area (Å²) in [5, 5.41) is 19.8. The van der Waals surface area contributed by atoms with Crippen molar-refractivity contribution in [1.82, 2.24) is 0 Å². The minimum Gasteiger partial charge on any atom is -0.392 e. The molecule has 0 bridgehead atoms.